The molecule has 2 aromatic rings. The van der Waals surface area contributed by atoms with E-state index < -0.39 is 0 Å². The lowest BCUT2D eigenvalue weighted by molar-refractivity contribution is 0.133. The van der Waals surface area contributed by atoms with Gasteiger partial charge in [0.25, 0.3) is 0 Å². The number of hydrogen-bond acceptors (Lipinski definition) is 3. The van der Waals surface area contributed by atoms with Crippen LogP contribution in [0, 0.1) is 17.8 Å². The molecule has 1 fully saturated rings. The average molecular weight is 335 g/mol. The molecule has 0 bridgehead atoms. The lowest BCUT2D eigenvalue weighted by Crippen LogP contribution is -2.35. The van der Waals surface area contributed by atoms with E-state index in [2.05, 4.69) is 27.5 Å². The molecule has 1 heterocycles. The van der Waals surface area contributed by atoms with E-state index in [4.69, 9.17) is 0 Å². The molecule has 1 aliphatic rings. The molecule has 2 amide bonds. The van der Waals surface area contributed by atoms with E-state index in [9.17, 15) is 9.90 Å². The molecule has 0 radical (unpaired) electrons. The smallest absolute Gasteiger partial charge is 0.319 e. The Morgan fingerprint density at radius 3 is 2.88 bits per heavy atom. The topological polar surface area (TPSA) is 74.2 Å². The quantitative estimate of drug-likeness (QED) is 0.755. The summed E-state index contributed by atoms with van der Waals surface area (Å²) in [7, 11) is 0. The number of amides is 2. The first-order valence-corrected chi connectivity index (χ1v) is 8.47. The fourth-order valence-corrected chi connectivity index (χ4v) is 2.90. The Morgan fingerprint density at radius 1 is 1.20 bits per heavy atom. The van der Waals surface area contributed by atoms with Gasteiger partial charge >= 0.3 is 6.03 Å². The number of pyridine rings is 1. The van der Waals surface area contributed by atoms with Crippen LogP contribution >= 0.6 is 0 Å². The molecule has 1 aromatic carbocycles. The van der Waals surface area contributed by atoms with Gasteiger partial charge in [0.05, 0.1) is 6.10 Å². The van der Waals surface area contributed by atoms with Crippen LogP contribution in [0.1, 0.15) is 30.5 Å². The van der Waals surface area contributed by atoms with Crippen LogP contribution in [-0.4, -0.2) is 28.8 Å². The summed E-state index contributed by atoms with van der Waals surface area (Å²) < 4.78 is 0. The third-order valence-corrected chi connectivity index (χ3v) is 4.26. The van der Waals surface area contributed by atoms with Crippen LogP contribution in [0.5, 0.6) is 0 Å². The predicted octanol–water partition coefficient (Wildman–Crippen LogP) is 2.76. The number of aromatic nitrogens is 1. The molecule has 3 rings (SSSR count). The Bertz CT molecular complexity index is 780. The zero-order valence-electron chi connectivity index (χ0n) is 13.9. The van der Waals surface area contributed by atoms with Crippen molar-refractivity contribution >= 4 is 11.7 Å². The van der Waals surface area contributed by atoms with Crippen LogP contribution in [0.2, 0.25) is 0 Å². The molecule has 1 aliphatic carbocycles. The van der Waals surface area contributed by atoms with Crippen molar-refractivity contribution in [2.75, 3.05) is 11.9 Å². The molecule has 2 unspecified atom stereocenters. The van der Waals surface area contributed by atoms with Gasteiger partial charge in [0, 0.05) is 29.9 Å². The van der Waals surface area contributed by atoms with E-state index in [0.717, 1.165) is 24.8 Å². The summed E-state index contributed by atoms with van der Waals surface area (Å²) in [6, 6.07) is 12.7. The van der Waals surface area contributed by atoms with Gasteiger partial charge in [-0.1, -0.05) is 24.5 Å². The normalized spacial score (nSPS) is 18.9. The number of urea groups is 1. The first-order valence-electron chi connectivity index (χ1n) is 8.47. The monoisotopic (exact) mass is 335 g/mol. The molecule has 25 heavy (non-hydrogen) atoms. The second kappa shape index (κ2) is 8.32. The molecule has 5 nitrogen and oxygen atoms in total. The third-order valence-electron chi connectivity index (χ3n) is 4.26. The molecule has 128 valence electrons. The Balaban J connectivity index is 1.56. The highest BCUT2D eigenvalue weighted by Gasteiger charge is 2.25. The first-order chi connectivity index (χ1) is 12.2. The minimum Gasteiger partial charge on any atom is -0.393 e. The van der Waals surface area contributed by atoms with E-state index >= 15 is 0 Å². The van der Waals surface area contributed by atoms with E-state index in [1.807, 2.05) is 42.5 Å². The molecule has 0 spiro atoms. The van der Waals surface area contributed by atoms with E-state index in [1.165, 1.54) is 0 Å². The number of nitrogens with zero attached hydrogens (tertiary/aromatic N) is 1. The molecular weight excluding hydrogens is 314 g/mol. The van der Waals surface area contributed by atoms with Crippen LogP contribution in [0.25, 0.3) is 0 Å². The van der Waals surface area contributed by atoms with Crippen molar-refractivity contribution in [3.8, 4) is 11.8 Å². The zero-order valence-corrected chi connectivity index (χ0v) is 13.9. The number of carbonyl (C=O) groups is 1. The SMILES string of the molecule is O=C(NCC1CCCC1O)Nc1cccc(C#Cc2ccccn2)c1. The number of hydrogen-bond donors (Lipinski definition) is 3. The molecule has 2 atom stereocenters. The Morgan fingerprint density at radius 2 is 2.12 bits per heavy atom. The maximum Gasteiger partial charge on any atom is 0.319 e. The lowest BCUT2D eigenvalue weighted by atomic mass is 10.1. The summed E-state index contributed by atoms with van der Waals surface area (Å²) in [6.07, 6.45) is 4.20. The van der Waals surface area contributed by atoms with Gasteiger partial charge in [-0.25, -0.2) is 9.78 Å². The summed E-state index contributed by atoms with van der Waals surface area (Å²) in [5.74, 6) is 6.19. The maximum atomic E-state index is 12.0. The molecule has 0 aliphatic heterocycles. The number of aliphatic hydroxyl groups excluding tert-OH is 1. The fraction of sp³-hybridized carbons (Fsp3) is 0.300. The van der Waals surface area contributed by atoms with Crippen molar-refractivity contribution in [1.29, 1.82) is 0 Å². The van der Waals surface area contributed by atoms with Crippen molar-refractivity contribution in [2.24, 2.45) is 5.92 Å². The van der Waals surface area contributed by atoms with E-state index in [0.29, 0.717) is 17.9 Å². The van der Waals surface area contributed by atoms with Crippen LogP contribution in [0.4, 0.5) is 10.5 Å². The summed E-state index contributed by atoms with van der Waals surface area (Å²) in [6.45, 7) is 0.492. The van der Waals surface area contributed by atoms with Crippen LogP contribution in [0.3, 0.4) is 0 Å². The van der Waals surface area contributed by atoms with Crippen molar-refractivity contribution < 1.29 is 9.90 Å². The first kappa shape index (κ1) is 17.0. The van der Waals surface area contributed by atoms with Crippen LogP contribution < -0.4 is 10.6 Å². The minimum atomic E-state index is -0.300. The fourth-order valence-electron chi connectivity index (χ4n) is 2.90. The van der Waals surface area contributed by atoms with Crippen LogP contribution in [-0.2, 0) is 0 Å². The van der Waals surface area contributed by atoms with E-state index in [1.54, 1.807) is 6.20 Å². The van der Waals surface area contributed by atoms with Gasteiger partial charge in [0.2, 0.25) is 0 Å². The van der Waals surface area contributed by atoms with Gasteiger partial charge in [-0.3, -0.25) is 0 Å². The van der Waals surface area contributed by atoms with Gasteiger partial charge in [-0.15, -0.1) is 0 Å². The highest BCUT2D eigenvalue weighted by molar-refractivity contribution is 5.89. The third kappa shape index (κ3) is 5.07. The minimum absolute atomic E-state index is 0.154. The van der Waals surface area contributed by atoms with Crippen LogP contribution in [0.15, 0.2) is 48.7 Å². The average Bonchev–Trinajstić information content (AvgIpc) is 3.04. The highest BCUT2D eigenvalue weighted by atomic mass is 16.3. The van der Waals surface area contributed by atoms with Gasteiger partial charge < -0.3 is 15.7 Å². The number of carbonyl (C=O) groups excluding carboxylic acids is 1. The number of nitrogens with one attached hydrogen (secondary N) is 2. The van der Waals surface area contributed by atoms with Crippen molar-refractivity contribution in [1.82, 2.24) is 10.3 Å². The molecule has 0 saturated heterocycles. The number of aliphatic hydroxyl groups is 1. The molecule has 1 aromatic heterocycles. The Hall–Kier alpha value is -2.84. The second-order valence-corrected chi connectivity index (χ2v) is 6.14. The second-order valence-electron chi connectivity index (χ2n) is 6.14. The van der Waals surface area contributed by atoms with Crippen molar-refractivity contribution in [3.63, 3.8) is 0 Å². The molecule has 3 N–H and O–H groups in total. The number of benzene rings is 1. The Kier molecular flexibility index (Phi) is 5.65. The summed E-state index contributed by atoms with van der Waals surface area (Å²) in [5.41, 5.74) is 2.18. The van der Waals surface area contributed by atoms with Gasteiger partial charge in [-0.05, 0) is 49.1 Å². The largest absolute Gasteiger partial charge is 0.393 e. The van der Waals surface area contributed by atoms with Crippen molar-refractivity contribution in [3.05, 3.63) is 59.9 Å². The summed E-state index contributed by atoms with van der Waals surface area (Å²) >= 11 is 0. The van der Waals surface area contributed by atoms with Gasteiger partial charge in [-0.2, -0.15) is 0 Å². The zero-order chi connectivity index (χ0) is 17.5. The number of rotatable bonds is 3. The molecule has 1 saturated carbocycles. The van der Waals surface area contributed by atoms with E-state index in [-0.39, 0.29) is 18.1 Å². The van der Waals surface area contributed by atoms with Gasteiger partial charge in [0.1, 0.15) is 5.69 Å². The Labute approximate surface area is 147 Å². The van der Waals surface area contributed by atoms with Crippen molar-refractivity contribution in [2.45, 2.75) is 25.4 Å². The maximum absolute atomic E-state index is 12.0. The molecular formula is C20H21N3O2. The molecule has 5 heteroatoms. The van der Waals surface area contributed by atoms with Gasteiger partial charge in [0.15, 0.2) is 0 Å². The standard InChI is InChI=1S/C20H21N3O2/c24-19-9-4-6-16(19)14-22-20(25)23-18-8-3-5-15(13-18)10-11-17-7-1-2-12-21-17/h1-3,5,7-8,12-13,16,19,24H,4,6,9,14H2,(H2,22,23,25). The lowest BCUT2D eigenvalue weighted by Gasteiger charge is -2.15. The summed E-state index contributed by atoms with van der Waals surface area (Å²) in [5, 5.41) is 15.4. The summed E-state index contributed by atoms with van der Waals surface area (Å²) in [4.78, 5) is 16.2. The highest BCUT2D eigenvalue weighted by Crippen LogP contribution is 2.24. The predicted molar refractivity (Wildman–Crippen MR) is 97.0 cm³/mol. The number of anilines is 1.